The molecule has 0 amide bonds. The standard InChI is InChI=1S/C17H26FN3/c1-2-3-4-5-6-7-8-11-21-16-10-9-14(18)12-15(16)20-17(21)13-19/h9-10,12H,2-8,11,13,19H2,1H3. The molecule has 0 saturated heterocycles. The van der Waals surface area contributed by atoms with Gasteiger partial charge in [-0.25, -0.2) is 9.37 Å². The molecule has 0 atom stereocenters. The molecule has 116 valence electrons. The molecule has 1 aromatic heterocycles. The summed E-state index contributed by atoms with van der Waals surface area (Å²) in [6.45, 7) is 3.55. The number of halogens is 1. The molecule has 21 heavy (non-hydrogen) atoms. The van der Waals surface area contributed by atoms with E-state index >= 15 is 0 Å². The van der Waals surface area contributed by atoms with Crippen molar-refractivity contribution < 1.29 is 4.39 Å². The molecule has 0 saturated carbocycles. The summed E-state index contributed by atoms with van der Waals surface area (Å²) >= 11 is 0. The molecule has 0 spiro atoms. The molecule has 2 N–H and O–H groups in total. The quantitative estimate of drug-likeness (QED) is 0.697. The number of rotatable bonds is 9. The third kappa shape index (κ3) is 4.27. The van der Waals surface area contributed by atoms with E-state index in [1.165, 1.54) is 50.7 Å². The zero-order chi connectivity index (χ0) is 15.1. The number of imidazole rings is 1. The van der Waals surface area contributed by atoms with Gasteiger partial charge in [0.1, 0.15) is 11.6 Å². The first-order chi connectivity index (χ1) is 10.3. The van der Waals surface area contributed by atoms with Crippen molar-refractivity contribution in [1.82, 2.24) is 9.55 Å². The van der Waals surface area contributed by atoms with Crippen LogP contribution in [0.2, 0.25) is 0 Å². The first-order valence-electron chi connectivity index (χ1n) is 8.11. The summed E-state index contributed by atoms with van der Waals surface area (Å²) in [5, 5.41) is 0. The molecule has 0 aliphatic heterocycles. The van der Waals surface area contributed by atoms with Crippen molar-refractivity contribution in [3.05, 3.63) is 29.8 Å². The van der Waals surface area contributed by atoms with E-state index in [1.807, 2.05) is 0 Å². The molecule has 3 nitrogen and oxygen atoms in total. The van der Waals surface area contributed by atoms with Crippen LogP contribution in [0.1, 0.15) is 57.7 Å². The van der Waals surface area contributed by atoms with Gasteiger partial charge in [0.2, 0.25) is 0 Å². The number of fused-ring (bicyclic) bond motifs is 1. The zero-order valence-corrected chi connectivity index (χ0v) is 12.9. The molecular formula is C17H26FN3. The maximum absolute atomic E-state index is 13.3. The monoisotopic (exact) mass is 291 g/mol. The van der Waals surface area contributed by atoms with Crippen molar-refractivity contribution in [1.29, 1.82) is 0 Å². The second kappa shape index (κ2) is 8.13. The fourth-order valence-electron chi connectivity index (χ4n) is 2.79. The third-order valence-corrected chi connectivity index (χ3v) is 3.96. The Morgan fingerprint density at radius 1 is 1.10 bits per heavy atom. The zero-order valence-electron chi connectivity index (χ0n) is 12.9. The Balaban J connectivity index is 1.91. The lowest BCUT2D eigenvalue weighted by Crippen LogP contribution is -2.08. The number of hydrogen-bond acceptors (Lipinski definition) is 2. The number of benzene rings is 1. The first-order valence-corrected chi connectivity index (χ1v) is 8.11. The Labute approximate surface area is 126 Å². The molecule has 1 heterocycles. The minimum Gasteiger partial charge on any atom is -0.327 e. The molecule has 2 aromatic rings. The van der Waals surface area contributed by atoms with Gasteiger partial charge in [-0.2, -0.15) is 0 Å². The Morgan fingerprint density at radius 2 is 1.81 bits per heavy atom. The van der Waals surface area contributed by atoms with Crippen molar-refractivity contribution in [3.8, 4) is 0 Å². The number of aromatic nitrogens is 2. The predicted molar refractivity (Wildman–Crippen MR) is 85.6 cm³/mol. The van der Waals surface area contributed by atoms with Gasteiger partial charge in [0.05, 0.1) is 17.6 Å². The fraction of sp³-hybridized carbons (Fsp3) is 0.588. The normalized spacial score (nSPS) is 11.4. The van der Waals surface area contributed by atoms with Gasteiger partial charge in [0.25, 0.3) is 0 Å². The van der Waals surface area contributed by atoms with E-state index in [9.17, 15) is 4.39 Å². The van der Waals surface area contributed by atoms with E-state index in [-0.39, 0.29) is 5.82 Å². The maximum atomic E-state index is 13.3. The average Bonchev–Trinajstić information content (AvgIpc) is 2.83. The second-order valence-corrected chi connectivity index (χ2v) is 5.64. The van der Waals surface area contributed by atoms with E-state index < -0.39 is 0 Å². The van der Waals surface area contributed by atoms with Crippen molar-refractivity contribution >= 4 is 11.0 Å². The smallest absolute Gasteiger partial charge is 0.125 e. The maximum Gasteiger partial charge on any atom is 0.125 e. The summed E-state index contributed by atoms with van der Waals surface area (Å²) in [4.78, 5) is 4.43. The highest BCUT2D eigenvalue weighted by Crippen LogP contribution is 2.19. The summed E-state index contributed by atoms with van der Waals surface area (Å²) in [6, 6.07) is 4.78. The van der Waals surface area contributed by atoms with Gasteiger partial charge in [-0.3, -0.25) is 0 Å². The van der Waals surface area contributed by atoms with Crippen LogP contribution in [0.3, 0.4) is 0 Å². The van der Waals surface area contributed by atoms with Crippen LogP contribution in [0, 0.1) is 5.82 Å². The van der Waals surface area contributed by atoms with Gasteiger partial charge in [0, 0.05) is 12.6 Å². The molecule has 0 aliphatic rings. The lowest BCUT2D eigenvalue weighted by Gasteiger charge is -2.08. The predicted octanol–water partition coefficient (Wildman–Crippen LogP) is 4.38. The number of hydrogen-bond donors (Lipinski definition) is 1. The van der Waals surface area contributed by atoms with E-state index in [1.54, 1.807) is 6.07 Å². The highest BCUT2D eigenvalue weighted by Gasteiger charge is 2.09. The summed E-state index contributed by atoms with van der Waals surface area (Å²) in [5.41, 5.74) is 7.46. The van der Waals surface area contributed by atoms with Crippen LogP contribution in [0.4, 0.5) is 4.39 Å². The molecule has 0 unspecified atom stereocenters. The van der Waals surface area contributed by atoms with Crippen molar-refractivity contribution in [3.63, 3.8) is 0 Å². The number of nitrogens with two attached hydrogens (primary N) is 1. The van der Waals surface area contributed by atoms with Gasteiger partial charge in [0.15, 0.2) is 0 Å². The molecule has 0 fully saturated rings. The van der Waals surface area contributed by atoms with Crippen LogP contribution in [0.15, 0.2) is 18.2 Å². The van der Waals surface area contributed by atoms with E-state index in [0.29, 0.717) is 12.1 Å². The lowest BCUT2D eigenvalue weighted by atomic mass is 10.1. The molecule has 4 heteroatoms. The van der Waals surface area contributed by atoms with Crippen LogP contribution in [-0.4, -0.2) is 9.55 Å². The second-order valence-electron chi connectivity index (χ2n) is 5.64. The fourth-order valence-corrected chi connectivity index (χ4v) is 2.79. The Kier molecular flexibility index (Phi) is 6.18. The van der Waals surface area contributed by atoms with Crippen LogP contribution in [0.5, 0.6) is 0 Å². The van der Waals surface area contributed by atoms with Crippen LogP contribution in [-0.2, 0) is 13.1 Å². The van der Waals surface area contributed by atoms with Gasteiger partial charge >= 0.3 is 0 Å². The van der Waals surface area contributed by atoms with Gasteiger partial charge in [-0.05, 0) is 18.6 Å². The number of unbranched alkanes of at least 4 members (excludes halogenated alkanes) is 6. The molecule has 0 bridgehead atoms. The van der Waals surface area contributed by atoms with Gasteiger partial charge in [-0.1, -0.05) is 45.4 Å². The first kappa shape index (κ1) is 16.0. The highest BCUT2D eigenvalue weighted by molar-refractivity contribution is 5.76. The van der Waals surface area contributed by atoms with Crippen molar-refractivity contribution in [2.75, 3.05) is 0 Å². The molecule has 0 radical (unpaired) electrons. The number of aryl methyl sites for hydroxylation is 1. The van der Waals surface area contributed by atoms with E-state index in [0.717, 1.165) is 24.3 Å². The molecule has 2 rings (SSSR count). The SMILES string of the molecule is CCCCCCCCCn1c(CN)nc2cc(F)ccc21. The summed E-state index contributed by atoms with van der Waals surface area (Å²) in [6.07, 6.45) is 8.95. The van der Waals surface area contributed by atoms with Crippen molar-refractivity contribution in [2.45, 2.75) is 65.0 Å². The van der Waals surface area contributed by atoms with Gasteiger partial charge < -0.3 is 10.3 Å². The van der Waals surface area contributed by atoms with Crippen LogP contribution < -0.4 is 5.73 Å². The average molecular weight is 291 g/mol. The molecule has 1 aromatic carbocycles. The van der Waals surface area contributed by atoms with E-state index in [2.05, 4.69) is 16.5 Å². The van der Waals surface area contributed by atoms with E-state index in [4.69, 9.17) is 5.73 Å². The van der Waals surface area contributed by atoms with Crippen molar-refractivity contribution in [2.24, 2.45) is 5.73 Å². The van der Waals surface area contributed by atoms with Crippen LogP contribution in [0.25, 0.3) is 11.0 Å². The third-order valence-electron chi connectivity index (χ3n) is 3.96. The number of nitrogens with zero attached hydrogens (tertiary/aromatic N) is 2. The highest BCUT2D eigenvalue weighted by atomic mass is 19.1. The lowest BCUT2D eigenvalue weighted by molar-refractivity contribution is 0.546. The Bertz CT molecular complexity index is 562. The summed E-state index contributed by atoms with van der Waals surface area (Å²) in [5.74, 6) is 0.605. The Hall–Kier alpha value is -1.42. The summed E-state index contributed by atoms with van der Waals surface area (Å²) in [7, 11) is 0. The molecular weight excluding hydrogens is 265 g/mol. The topological polar surface area (TPSA) is 43.8 Å². The minimum absolute atomic E-state index is 0.244. The van der Waals surface area contributed by atoms with Crippen LogP contribution >= 0.6 is 0 Å². The largest absolute Gasteiger partial charge is 0.327 e. The molecule has 0 aliphatic carbocycles. The van der Waals surface area contributed by atoms with Gasteiger partial charge in [-0.15, -0.1) is 0 Å². The minimum atomic E-state index is -0.244. The Morgan fingerprint density at radius 3 is 2.52 bits per heavy atom. The summed E-state index contributed by atoms with van der Waals surface area (Å²) < 4.78 is 15.4.